The van der Waals surface area contributed by atoms with Gasteiger partial charge in [0, 0.05) is 23.1 Å². The Morgan fingerprint density at radius 2 is 2.00 bits per heavy atom. The number of ether oxygens (including phenoxy) is 2. The van der Waals surface area contributed by atoms with Crippen molar-refractivity contribution in [2.45, 2.75) is 25.8 Å². The van der Waals surface area contributed by atoms with Crippen molar-refractivity contribution in [1.82, 2.24) is 9.97 Å². The van der Waals surface area contributed by atoms with Gasteiger partial charge in [-0.3, -0.25) is 4.79 Å². The van der Waals surface area contributed by atoms with E-state index in [2.05, 4.69) is 43.2 Å². The molecule has 0 aliphatic heterocycles. The number of amides is 1. The zero-order valence-corrected chi connectivity index (χ0v) is 18.6. The molecule has 1 fully saturated rings. The molecule has 1 aromatic carbocycles. The third kappa shape index (κ3) is 3.48. The first-order valence-corrected chi connectivity index (χ1v) is 10.7. The lowest BCUT2D eigenvalue weighted by molar-refractivity contribution is 0.102. The molecule has 7 nitrogen and oxygen atoms in total. The Morgan fingerprint density at radius 1 is 1.25 bits per heavy atom. The molecule has 2 N–H and O–H groups in total. The Balaban J connectivity index is 1.70. The van der Waals surface area contributed by atoms with Crippen molar-refractivity contribution in [3.63, 3.8) is 0 Å². The normalized spacial score (nSPS) is 13.4. The molecule has 1 aliphatic rings. The SMILES string of the molecule is COc1cc(OC)c(I)c(NC(=O)c2csc3c(NC4CC4)ncnc23)c1C. The predicted octanol–water partition coefficient (Wildman–Crippen LogP) is 4.45. The van der Waals surface area contributed by atoms with Gasteiger partial charge in [-0.15, -0.1) is 11.3 Å². The van der Waals surface area contributed by atoms with Crippen molar-refractivity contribution in [1.29, 1.82) is 0 Å². The van der Waals surface area contributed by atoms with E-state index in [1.165, 1.54) is 17.7 Å². The summed E-state index contributed by atoms with van der Waals surface area (Å²) in [7, 11) is 3.19. The first-order valence-electron chi connectivity index (χ1n) is 8.74. The number of aromatic nitrogens is 2. The number of methoxy groups -OCH3 is 2. The van der Waals surface area contributed by atoms with Crippen LogP contribution >= 0.6 is 33.9 Å². The lowest BCUT2D eigenvalue weighted by Gasteiger charge is -2.16. The minimum absolute atomic E-state index is 0.223. The molecule has 2 aromatic heterocycles. The second-order valence-corrected chi connectivity index (χ2v) is 8.48. The summed E-state index contributed by atoms with van der Waals surface area (Å²) < 4.78 is 12.6. The van der Waals surface area contributed by atoms with Crippen LogP contribution in [0.5, 0.6) is 11.5 Å². The van der Waals surface area contributed by atoms with E-state index in [0.717, 1.165) is 32.5 Å². The van der Waals surface area contributed by atoms with Gasteiger partial charge >= 0.3 is 0 Å². The van der Waals surface area contributed by atoms with E-state index < -0.39 is 0 Å². The summed E-state index contributed by atoms with van der Waals surface area (Å²) in [5.41, 5.74) is 2.69. The maximum atomic E-state index is 13.1. The van der Waals surface area contributed by atoms with Gasteiger partial charge < -0.3 is 20.1 Å². The molecular formula is C19H19IN4O3S. The van der Waals surface area contributed by atoms with E-state index in [-0.39, 0.29) is 5.91 Å². The highest BCUT2D eigenvalue weighted by Gasteiger charge is 2.25. The van der Waals surface area contributed by atoms with Gasteiger partial charge in [0.1, 0.15) is 23.6 Å². The van der Waals surface area contributed by atoms with Crippen molar-refractivity contribution >= 4 is 61.6 Å². The number of carbonyl (C=O) groups is 1. The van der Waals surface area contributed by atoms with Gasteiger partial charge in [-0.2, -0.15) is 0 Å². The van der Waals surface area contributed by atoms with Gasteiger partial charge in [-0.05, 0) is 42.4 Å². The predicted molar refractivity (Wildman–Crippen MR) is 119 cm³/mol. The molecule has 2 heterocycles. The molecule has 0 radical (unpaired) electrons. The number of benzene rings is 1. The largest absolute Gasteiger partial charge is 0.496 e. The van der Waals surface area contributed by atoms with Crippen LogP contribution < -0.4 is 20.1 Å². The topological polar surface area (TPSA) is 85.4 Å². The Hall–Kier alpha value is -2.14. The Kier molecular flexibility index (Phi) is 5.28. The molecule has 1 amide bonds. The zero-order valence-electron chi connectivity index (χ0n) is 15.6. The van der Waals surface area contributed by atoms with Gasteiger partial charge in [-0.1, -0.05) is 0 Å². The molecule has 0 bridgehead atoms. The van der Waals surface area contributed by atoms with Gasteiger partial charge in [-0.25, -0.2) is 9.97 Å². The van der Waals surface area contributed by atoms with Crippen LogP contribution in [0.25, 0.3) is 10.2 Å². The average molecular weight is 510 g/mol. The summed E-state index contributed by atoms with van der Waals surface area (Å²) in [6, 6.07) is 2.29. The quantitative estimate of drug-likeness (QED) is 0.477. The van der Waals surface area contributed by atoms with Crippen molar-refractivity contribution in [3.05, 3.63) is 32.5 Å². The van der Waals surface area contributed by atoms with Crippen molar-refractivity contribution in [3.8, 4) is 11.5 Å². The molecule has 0 atom stereocenters. The number of hydrogen-bond donors (Lipinski definition) is 2. The minimum Gasteiger partial charge on any atom is -0.496 e. The van der Waals surface area contributed by atoms with Crippen LogP contribution in [0.1, 0.15) is 28.8 Å². The summed E-state index contributed by atoms with van der Waals surface area (Å²) in [5.74, 6) is 1.87. The van der Waals surface area contributed by atoms with Crippen molar-refractivity contribution in [2.24, 2.45) is 0 Å². The molecule has 146 valence electrons. The molecule has 9 heteroatoms. The lowest BCUT2D eigenvalue weighted by Crippen LogP contribution is -2.14. The maximum absolute atomic E-state index is 13.1. The smallest absolute Gasteiger partial charge is 0.258 e. The summed E-state index contributed by atoms with van der Waals surface area (Å²) in [4.78, 5) is 21.8. The van der Waals surface area contributed by atoms with Gasteiger partial charge in [0.05, 0.1) is 39.3 Å². The lowest BCUT2D eigenvalue weighted by atomic mass is 10.1. The Morgan fingerprint density at radius 3 is 2.68 bits per heavy atom. The van der Waals surface area contributed by atoms with Crippen LogP contribution in [0, 0.1) is 10.5 Å². The van der Waals surface area contributed by atoms with E-state index >= 15 is 0 Å². The van der Waals surface area contributed by atoms with Crippen LogP contribution in [-0.4, -0.2) is 36.1 Å². The molecule has 28 heavy (non-hydrogen) atoms. The molecule has 1 saturated carbocycles. The highest BCUT2D eigenvalue weighted by Crippen LogP contribution is 2.39. The van der Waals surface area contributed by atoms with Crippen LogP contribution in [0.3, 0.4) is 0 Å². The number of fused-ring (bicyclic) bond motifs is 1. The third-order valence-electron chi connectivity index (χ3n) is 4.64. The van der Waals surface area contributed by atoms with Gasteiger partial charge in [0.25, 0.3) is 5.91 Å². The number of nitrogens with one attached hydrogen (secondary N) is 2. The average Bonchev–Trinajstić information content (AvgIpc) is 3.40. The number of thiophene rings is 1. The molecule has 1 aliphatic carbocycles. The minimum atomic E-state index is -0.223. The van der Waals surface area contributed by atoms with Crippen LogP contribution in [-0.2, 0) is 0 Å². The standard InChI is InChI=1S/C19H19IN4O3S/c1-9-12(26-2)6-13(27-3)14(20)15(9)24-19(25)11-7-28-17-16(11)21-8-22-18(17)23-10-4-5-10/h6-8,10H,4-5H2,1-3H3,(H,24,25)(H,21,22,23). The summed E-state index contributed by atoms with van der Waals surface area (Å²) in [6.45, 7) is 1.90. The van der Waals surface area contributed by atoms with Crippen molar-refractivity contribution in [2.75, 3.05) is 24.9 Å². The first-order chi connectivity index (χ1) is 13.5. The number of nitrogens with zero attached hydrogens (tertiary/aromatic N) is 2. The van der Waals surface area contributed by atoms with Crippen molar-refractivity contribution < 1.29 is 14.3 Å². The fourth-order valence-corrected chi connectivity index (χ4v) is 4.79. The molecule has 0 unspecified atom stereocenters. The maximum Gasteiger partial charge on any atom is 0.258 e. The fraction of sp³-hybridized carbons (Fsp3) is 0.316. The summed E-state index contributed by atoms with van der Waals surface area (Å²) in [5, 5.41) is 8.24. The highest BCUT2D eigenvalue weighted by atomic mass is 127. The molecule has 4 rings (SSSR count). The van der Waals surface area contributed by atoms with Crippen LogP contribution in [0.4, 0.5) is 11.5 Å². The summed E-state index contributed by atoms with van der Waals surface area (Å²) in [6.07, 6.45) is 3.80. The first kappa shape index (κ1) is 19.2. The number of carbonyl (C=O) groups excluding carboxylic acids is 1. The number of halogens is 1. The van der Waals surface area contributed by atoms with Gasteiger partial charge in [0.15, 0.2) is 0 Å². The van der Waals surface area contributed by atoms with E-state index in [1.54, 1.807) is 14.2 Å². The fourth-order valence-electron chi connectivity index (χ4n) is 2.93. The number of hydrogen-bond acceptors (Lipinski definition) is 7. The second-order valence-electron chi connectivity index (χ2n) is 6.52. The molecule has 3 aromatic rings. The van der Waals surface area contributed by atoms with E-state index in [4.69, 9.17) is 9.47 Å². The molecule has 0 saturated heterocycles. The monoisotopic (exact) mass is 510 g/mol. The number of rotatable bonds is 6. The Bertz CT molecular complexity index is 1040. The number of anilines is 2. The van der Waals surface area contributed by atoms with E-state index in [9.17, 15) is 4.79 Å². The highest BCUT2D eigenvalue weighted by molar-refractivity contribution is 14.1. The van der Waals surface area contributed by atoms with Crippen LogP contribution in [0.15, 0.2) is 17.8 Å². The third-order valence-corrected chi connectivity index (χ3v) is 6.68. The molecular weight excluding hydrogens is 491 g/mol. The van der Waals surface area contributed by atoms with Gasteiger partial charge in [0.2, 0.25) is 0 Å². The summed E-state index contributed by atoms with van der Waals surface area (Å²) >= 11 is 3.64. The van der Waals surface area contributed by atoms with E-state index in [0.29, 0.717) is 34.3 Å². The molecule has 0 spiro atoms. The van der Waals surface area contributed by atoms with Crippen LogP contribution in [0.2, 0.25) is 0 Å². The van der Waals surface area contributed by atoms with E-state index in [1.807, 2.05) is 18.4 Å². The second kappa shape index (κ2) is 7.70. The Labute approximate surface area is 180 Å². The zero-order chi connectivity index (χ0) is 19.8.